The van der Waals surface area contributed by atoms with Crippen LogP contribution in [0.15, 0.2) is 36.8 Å². The fourth-order valence-corrected chi connectivity index (χ4v) is 6.12. The molecular formula is C28H38ClN5O4. The summed E-state index contributed by atoms with van der Waals surface area (Å²) in [7, 11) is 1.90. The van der Waals surface area contributed by atoms with Crippen LogP contribution < -0.4 is 10.6 Å². The highest BCUT2D eigenvalue weighted by Crippen LogP contribution is 2.46. The molecule has 4 rings (SSSR count). The third-order valence-electron chi connectivity index (χ3n) is 8.32. The fraction of sp³-hybridized carbons (Fsp3) is 0.571. The summed E-state index contributed by atoms with van der Waals surface area (Å²) < 4.78 is 1.90. The second-order valence-corrected chi connectivity index (χ2v) is 11.1. The number of benzene rings is 1. The number of amides is 3. The quantitative estimate of drug-likeness (QED) is 0.445. The number of aliphatic carboxylic acids is 1. The van der Waals surface area contributed by atoms with Crippen LogP contribution in [0.5, 0.6) is 0 Å². The lowest BCUT2D eigenvalue weighted by atomic mass is 9.64. The summed E-state index contributed by atoms with van der Waals surface area (Å²) in [5.41, 5.74) is 1.11. The summed E-state index contributed by atoms with van der Waals surface area (Å²) in [6.07, 6.45) is 10.5. The molecule has 1 aromatic carbocycles. The predicted molar refractivity (Wildman–Crippen MR) is 145 cm³/mol. The minimum absolute atomic E-state index is 0.166. The average molecular weight is 544 g/mol. The Kier molecular flexibility index (Phi) is 9.31. The van der Waals surface area contributed by atoms with Gasteiger partial charge in [-0.05, 0) is 49.3 Å². The van der Waals surface area contributed by atoms with Gasteiger partial charge in [0.15, 0.2) is 0 Å². The Morgan fingerprint density at radius 3 is 2.42 bits per heavy atom. The van der Waals surface area contributed by atoms with Crippen molar-refractivity contribution < 1.29 is 19.5 Å². The molecule has 0 radical (unpaired) electrons. The van der Waals surface area contributed by atoms with E-state index in [1.54, 1.807) is 29.6 Å². The molecular weight excluding hydrogens is 506 g/mol. The van der Waals surface area contributed by atoms with Gasteiger partial charge >= 0.3 is 12.0 Å². The van der Waals surface area contributed by atoms with Crippen molar-refractivity contribution in [2.24, 2.45) is 18.4 Å². The first-order chi connectivity index (χ1) is 18.3. The van der Waals surface area contributed by atoms with E-state index in [2.05, 4.69) is 15.6 Å². The molecule has 1 saturated heterocycles. The van der Waals surface area contributed by atoms with Crippen LogP contribution in [-0.2, 0) is 29.5 Å². The Balaban J connectivity index is 1.40. The molecule has 38 heavy (non-hydrogen) atoms. The number of aryl methyl sites for hydroxylation is 1. The van der Waals surface area contributed by atoms with Crippen LogP contribution in [-0.4, -0.2) is 63.1 Å². The lowest BCUT2D eigenvalue weighted by molar-refractivity contribution is -0.160. The number of carboxylic acid groups (broad SMARTS) is 1. The molecule has 0 bridgehead atoms. The maximum Gasteiger partial charge on any atom is 0.315 e. The van der Waals surface area contributed by atoms with Crippen molar-refractivity contribution in [3.63, 3.8) is 0 Å². The summed E-state index contributed by atoms with van der Waals surface area (Å²) in [5.74, 6) is -0.760. The van der Waals surface area contributed by atoms with Crippen LogP contribution >= 0.6 is 11.6 Å². The second kappa shape index (κ2) is 12.7. The number of halogens is 1. The monoisotopic (exact) mass is 543 g/mol. The van der Waals surface area contributed by atoms with Crippen LogP contribution in [0.1, 0.15) is 56.2 Å². The number of nitrogens with one attached hydrogen (secondary N) is 2. The molecule has 1 aliphatic heterocycles. The summed E-state index contributed by atoms with van der Waals surface area (Å²) in [5, 5.41) is 16.5. The van der Waals surface area contributed by atoms with Crippen LogP contribution in [0, 0.1) is 11.3 Å². The zero-order valence-electron chi connectivity index (χ0n) is 22.0. The molecule has 1 unspecified atom stereocenters. The molecule has 3 N–H and O–H groups in total. The number of imidazole rings is 1. The highest BCUT2D eigenvalue weighted by atomic mass is 35.5. The van der Waals surface area contributed by atoms with Crippen molar-refractivity contribution in [1.82, 2.24) is 25.1 Å². The first-order valence-electron chi connectivity index (χ1n) is 13.5. The zero-order valence-corrected chi connectivity index (χ0v) is 22.8. The lowest BCUT2D eigenvalue weighted by Crippen LogP contribution is -2.56. The minimum Gasteiger partial charge on any atom is -0.481 e. The van der Waals surface area contributed by atoms with E-state index < -0.39 is 23.5 Å². The zero-order chi connectivity index (χ0) is 27.1. The van der Waals surface area contributed by atoms with Gasteiger partial charge in [0, 0.05) is 56.4 Å². The summed E-state index contributed by atoms with van der Waals surface area (Å²) in [6.45, 7) is 1.16. The summed E-state index contributed by atoms with van der Waals surface area (Å²) >= 11 is 6.03. The topological polar surface area (TPSA) is 117 Å². The maximum atomic E-state index is 13.7. The number of aromatic nitrogens is 2. The first-order valence-corrected chi connectivity index (χ1v) is 13.9. The molecule has 206 valence electrons. The van der Waals surface area contributed by atoms with Crippen molar-refractivity contribution in [2.75, 3.05) is 19.6 Å². The Morgan fingerprint density at radius 1 is 1.13 bits per heavy atom. The Morgan fingerprint density at radius 2 is 1.82 bits per heavy atom. The van der Waals surface area contributed by atoms with E-state index >= 15 is 0 Å². The largest absolute Gasteiger partial charge is 0.481 e. The number of hydrogen-bond acceptors (Lipinski definition) is 4. The fourth-order valence-electron chi connectivity index (χ4n) is 5.99. The molecule has 2 aromatic rings. The molecule has 3 amide bonds. The molecule has 10 heteroatoms. The van der Waals surface area contributed by atoms with Gasteiger partial charge in [0.2, 0.25) is 5.91 Å². The van der Waals surface area contributed by atoms with Gasteiger partial charge in [-0.2, -0.15) is 0 Å². The SMILES string of the molecule is Cn1cncc1CCNC(=O)NC(Cc1ccc(Cl)cc1)C(=O)N1CCC(C(=O)O)(C2CCCCC2)CC1. The standard InChI is InChI=1S/C28H38ClN5O4/c1-33-19-30-18-23(33)11-14-31-27(38)32-24(17-20-7-9-22(29)10-8-20)25(35)34-15-12-28(13-16-34,26(36)37)21-5-3-2-4-6-21/h7-10,18-19,21,24H,2-6,11-17H2,1H3,(H,36,37)(H2,31,32,38). The van der Waals surface area contributed by atoms with Crippen molar-refractivity contribution in [1.29, 1.82) is 0 Å². The number of urea groups is 1. The third-order valence-corrected chi connectivity index (χ3v) is 8.57. The van der Waals surface area contributed by atoms with Gasteiger partial charge in [-0.25, -0.2) is 9.78 Å². The van der Waals surface area contributed by atoms with Gasteiger partial charge < -0.3 is 25.2 Å². The van der Waals surface area contributed by atoms with Crippen LogP contribution in [0.25, 0.3) is 0 Å². The summed E-state index contributed by atoms with van der Waals surface area (Å²) in [6, 6.07) is 6.02. The number of carbonyl (C=O) groups excluding carboxylic acids is 2. The molecule has 1 aromatic heterocycles. The van der Waals surface area contributed by atoms with Gasteiger partial charge in [-0.1, -0.05) is 43.0 Å². The number of likely N-dealkylation sites (tertiary alicyclic amines) is 1. The average Bonchev–Trinajstić information content (AvgIpc) is 3.34. The number of piperidine rings is 1. The van der Waals surface area contributed by atoms with Gasteiger partial charge in [-0.3, -0.25) is 9.59 Å². The van der Waals surface area contributed by atoms with E-state index in [4.69, 9.17) is 11.6 Å². The predicted octanol–water partition coefficient (Wildman–Crippen LogP) is 3.80. The van der Waals surface area contributed by atoms with Gasteiger partial charge in [0.25, 0.3) is 0 Å². The van der Waals surface area contributed by atoms with E-state index in [0.717, 1.165) is 36.9 Å². The molecule has 2 heterocycles. The van der Waals surface area contributed by atoms with Crippen LogP contribution in [0.2, 0.25) is 5.02 Å². The number of nitrogens with zero attached hydrogens (tertiary/aromatic N) is 3. The number of carboxylic acids is 1. The lowest BCUT2D eigenvalue weighted by Gasteiger charge is -2.45. The molecule has 2 fully saturated rings. The minimum atomic E-state index is -0.778. The molecule has 1 aliphatic carbocycles. The van der Waals surface area contributed by atoms with E-state index in [0.29, 0.717) is 50.3 Å². The van der Waals surface area contributed by atoms with Crippen molar-refractivity contribution in [3.8, 4) is 0 Å². The Bertz CT molecular complexity index is 1100. The molecule has 9 nitrogen and oxygen atoms in total. The third kappa shape index (κ3) is 6.67. The highest BCUT2D eigenvalue weighted by molar-refractivity contribution is 6.30. The number of hydrogen-bond donors (Lipinski definition) is 3. The number of carbonyl (C=O) groups is 3. The summed E-state index contributed by atoms with van der Waals surface area (Å²) in [4.78, 5) is 44.7. The van der Waals surface area contributed by atoms with E-state index in [9.17, 15) is 19.5 Å². The van der Waals surface area contributed by atoms with E-state index in [1.807, 2.05) is 23.7 Å². The number of rotatable bonds is 9. The van der Waals surface area contributed by atoms with Gasteiger partial charge in [0.1, 0.15) is 6.04 Å². The van der Waals surface area contributed by atoms with Crippen LogP contribution in [0.4, 0.5) is 4.79 Å². The van der Waals surface area contributed by atoms with Crippen molar-refractivity contribution in [3.05, 3.63) is 53.1 Å². The Labute approximate surface area is 228 Å². The molecule has 2 aliphatic rings. The second-order valence-electron chi connectivity index (χ2n) is 10.7. The maximum absolute atomic E-state index is 13.7. The van der Waals surface area contributed by atoms with Crippen molar-refractivity contribution >= 4 is 29.5 Å². The van der Waals surface area contributed by atoms with E-state index in [-0.39, 0.29) is 11.8 Å². The highest BCUT2D eigenvalue weighted by Gasteiger charge is 2.48. The van der Waals surface area contributed by atoms with Gasteiger partial charge in [0.05, 0.1) is 11.7 Å². The normalized spacial score (nSPS) is 18.5. The molecule has 0 spiro atoms. The smallest absolute Gasteiger partial charge is 0.315 e. The van der Waals surface area contributed by atoms with Crippen molar-refractivity contribution in [2.45, 2.75) is 63.8 Å². The molecule has 1 saturated carbocycles. The first kappa shape index (κ1) is 28.0. The van der Waals surface area contributed by atoms with E-state index in [1.165, 1.54) is 6.42 Å². The Hall–Kier alpha value is -3.07. The molecule has 1 atom stereocenters. The van der Waals surface area contributed by atoms with Crippen LogP contribution in [0.3, 0.4) is 0 Å². The van der Waals surface area contributed by atoms with Gasteiger partial charge in [-0.15, -0.1) is 0 Å².